The van der Waals surface area contributed by atoms with Gasteiger partial charge in [0.1, 0.15) is 5.69 Å². The van der Waals surface area contributed by atoms with Crippen LogP contribution in [0.3, 0.4) is 0 Å². The highest BCUT2D eigenvalue weighted by Crippen LogP contribution is 2.22. The summed E-state index contributed by atoms with van der Waals surface area (Å²) in [6.07, 6.45) is 4.88. The molecular formula is C15H26N4O. The Kier molecular flexibility index (Phi) is 4.81. The quantitative estimate of drug-likeness (QED) is 0.913. The Bertz CT molecular complexity index is 460. The summed E-state index contributed by atoms with van der Waals surface area (Å²) in [6, 6.07) is 2.55. The van der Waals surface area contributed by atoms with Crippen LogP contribution in [0.4, 0.5) is 0 Å². The lowest BCUT2D eigenvalue weighted by molar-refractivity contribution is 0.0677. The van der Waals surface area contributed by atoms with Gasteiger partial charge >= 0.3 is 0 Å². The number of nitrogens with two attached hydrogens (primary N) is 1. The Balaban J connectivity index is 2.11. The molecule has 0 bridgehead atoms. The highest BCUT2D eigenvalue weighted by atomic mass is 16.2. The maximum Gasteiger partial charge on any atom is 0.272 e. The standard InChI is InChI=1S/C15H26N4O/c1-4-12-10-14(19(5-2)17-12)15(20)18(3)13-8-6-11(16)7-9-13/h10-11,13H,4-9,16H2,1-3H3. The topological polar surface area (TPSA) is 64.2 Å². The summed E-state index contributed by atoms with van der Waals surface area (Å²) in [5.41, 5.74) is 7.62. The van der Waals surface area contributed by atoms with Gasteiger partial charge in [-0.05, 0) is 45.1 Å². The van der Waals surface area contributed by atoms with Gasteiger partial charge in [-0.3, -0.25) is 9.48 Å². The lowest BCUT2D eigenvalue weighted by Gasteiger charge is -2.33. The average molecular weight is 278 g/mol. The first-order valence-electron chi connectivity index (χ1n) is 7.66. The van der Waals surface area contributed by atoms with Crippen molar-refractivity contribution in [2.45, 2.75) is 64.6 Å². The number of carbonyl (C=O) groups excluding carboxylic acids is 1. The Hall–Kier alpha value is -1.36. The fourth-order valence-corrected chi connectivity index (χ4v) is 2.89. The van der Waals surface area contributed by atoms with Gasteiger partial charge in [-0.15, -0.1) is 0 Å². The van der Waals surface area contributed by atoms with E-state index in [1.165, 1.54) is 0 Å². The molecule has 0 atom stereocenters. The molecule has 0 saturated heterocycles. The summed E-state index contributed by atoms with van der Waals surface area (Å²) in [4.78, 5) is 14.6. The van der Waals surface area contributed by atoms with Crippen LogP contribution in [0.5, 0.6) is 0 Å². The van der Waals surface area contributed by atoms with E-state index in [-0.39, 0.29) is 5.91 Å². The summed E-state index contributed by atoms with van der Waals surface area (Å²) in [5.74, 6) is 0.0829. The van der Waals surface area contributed by atoms with Crippen LogP contribution < -0.4 is 5.73 Å². The molecule has 5 nitrogen and oxygen atoms in total. The van der Waals surface area contributed by atoms with Gasteiger partial charge in [-0.25, -0.2) is 0 Å². The zero-order valence-electron chi connectivity index (χ0n) is 12.8. The molecular weight excluding hydrogens is 252 g/mol. The van der Waals surface area contributed by atoms with E-state index in [9.17, 15) is 4.79 Å². The number of carbonyl (C=O) groups is 1. The van der Waals surface area contributed by atoms with Crippen molar-refractivity contribution in [1.29, 1.82) is 0 Å². The van der Waals surface area contributed by atoms with Gasteiger partial charge in [0, 0.05) is 25.7 Å². The molecule has 20 heavy (non-hydrogen) atoms. The van der Waals surface area contributed by atoms with E-state index >= 15 is 0 Å². The molecule has 1 aromatic rings. The van der Waals surface area contributed by atoms with E-state index in [0.717, 1.165) is 44.3 Å². The Morgan fingerprint density at radius 1 is 1.40 bits per heavy atom. The minimum absolute atomic E-state index is 0.0829. The van der Waals surface area contributed by atoms with Crippen LogP contribution >= 0.6 is 0 Å². The van der Waals surface area contributed by atoms with Crippen LogP contribution in [0.1, 0.15) is 55.7 Å². The second-order valence-corrected chi connectivity index (χ2v) is 5.67. The van der Waals surface area contributed by atoms with Crippen molar-refractivity contribution in [3.05, 3.63) is 17.5 Å². The molecule has 1 amide bonds. The van der Waals surface area contributed by atoms with Crippen LogP contribution in [0, 0.1) is 0 Å². The molecule has 0 spiro atoms. The number of hydrogen-bond donors (Lipinski definition) is 1. The van der Waals surface area contributed by atoms with Crippen molar-refractivity contribution < 1.29 is 4.79 Å². The van der Waals surface area contributed by atoms with Gasteiger partial charge in [0.2, 0.25) is 0 Å². The van der Waals surface area contributed by atoms with Crippen LogP contribution in [-0.2, 0) is 13.0 Å². The van der Waals surface area contributed by atoms with Crippen molar-refractivity contribution >= 4 is 5.91 Å². The van der Waals surface area contributed by atoms with Crippen molar-refractivity contribution in [2.75, 3.05) is 7.05 Å². The smallest absolute Gasteiger partial charge is 0.272 e. The number of hydrogen-bond acceptors (Lipinski definition) is 3. The van der Waals surface area contributed by atoms with Gasteiger partial charge in [-0.1, -0.05) is 6.92 Å². The van der Waals surface area contributed by atoms with E-state index in [2.05, 4.69) is 12.0 Å². The average Bonchev–Trinajstić information content (AvgIpc) is 2.90. The monoisotopic (exact) mass is 278 g/mol. The van der Waals surface area contributed by atoms with Crippen molar-refractivity contribution in [2.24, 2.45) is 5.73 Å². The van der Waals surface area contributed by atoms with Crippen LogP contribution in [0.2, 0.25) is 0 Å². The minimum Gasteiger partial charge on any atom is -0.337 e. The largest absolute Gasteiger partial charge is 0.337 e. The number of rotatable bonds is 4. The van der Waals surface area contributed by atoms with Gasteiger partial charge in [0.25, 0.3) is 5.91 Å². The van der Waals surface area contributed by atoms with Crippen molar-refractivity contribution in [3.8, 4) is 0 Å². The molecule has 0 radical (unpaired) electrons. The van der Waals surface area contributed by atoms with Gasteiger partial charge in [-0.2, -0.15) is 5.10 Å². The van der Waals surface area contributed by atoms with Crippen LogP contribution in [0.25, 0.3) is 0 Å². The molecule has 2 N–H and O–H groups in total. The highest BCUT2D eigenvalue weighted by Gasteiger charge is 2.27. The van der Waals surface area contributed by atoms with E-state index < -0.39 is 0 Å². The fraction of sp³-hybridized carbons (Fsp3) is 0.733. The third-order valence-corrected chi connectivity index (χ3v) is 4.32. The molecule has 5 heteroatoms. The molecule has 112 valence electrons. The Morgan fingerprint density at radius 3 is 2.60 bits per heavy atom. The molecule has 1 fully saturated rings. The van der Waals surface area contributed by atoms with Crippen molar-refractivity contribution in [3.63, 3.8) is 0 Å². The molecule has 1 heterocycles. The Morgan fingerprint density at radius 2 is 2.05 bits per heavy atom. The third kappa shape index (κ3) is 3.03. The summed E-state index contributed by atoms with van der Waals surface area (Å²) in [7, 11) is 1.91. The van der Waals surface area contributed by atoms with E-state index in [4.69, 9.17) is 5.73 Å². The molecule has 1 aromatic heterocycles. The first-order valence-corrected chi connectivity index (χ1v) is 7.66. The first kappa shape index (κ1) is 15.0. The summed E-state index contributed by atoms with van der Waals surface area (Å²) in [5, 5.41) is 4.46. The van der Waals surface area contributed by atoms with Gasteiger partial charge in [0.05, 0.1) is 5.69 Å². The van der Waals surface area contributed by atoms with E-state index in [1.807, 2.05) is 29.6 Å². The normalized spacial score (nSPS) is 22.8. The summed E-state index contributed by atoms with van der Waals surface area (Å²) in [6.45, 7) is 4.80. The van der Waals surface area contributed by atoms with Crippen LogP contribution in [0.15, 0.2) is 6.07 Å². The Labute approximate surface area is 121 Å². The maximum absolute atomic E-state index is 12.7. The minimum atomic E-state index is 0.0829. The molecule has 1 aliphatic rings. The SMILES string of the molecule is CCc1cc(C(=O)N(C)C2CCC(N)CC2)n(CC)n1. The summed E-state index contributed by atoms with van der Waals surface area (Å²) < 4.78 is 1.81. The van der Waals surface area contributed by atoms with Crippen molar-refractivity contribution in [1.82, 2.24) is 14.7 Å². The first-order chi connectivity index (χ1) is 9.56. The maximum atomic E-state index is 12.7. The fourth-order valence-electron chi connectivity index (χ4n) is 2.89. The zero-order chi connectivity index (χ0) is 14.7. The second kappa shape index (κ2) is 6.39. The molecule has 1 aliphatic carbocycles. The third-order valence-electron chi connectivity index (χ3n) is 4.32. The highest BCUT2D eigenvalue weighted by molar-refractivity contribution is 5.92. The van der Waals surface area contributed by atoms with E-state index in [0.29, 0.717) is 17.8 Å². The molecule has 0 aliphatic heterocycles. The number of amides is 1. The molecule has 0 aromatic carbocycles. The predicted molar refractivity (Wildman–Crippen MR) is 79.6 cm³/mol. The molecule has 0 unspecified atom stereocenters. The van der Waals surface area contributed by atoms with Crippen LogP contribution in [-0.4, -0.2) is 39.7 Å². The second-order valence-electron chi connectivity index (χ2n) is 5.67. The lowest BCUT2D eigenvalue weighted by Crippen LogP contribution is -2.42. The number of aryl methyl sites for hydroxylation is 2. The zero-order valence-corrected chi connectivity index (χ0v) is 12.8. The number of nitrogens with zero attached hydrogens (tertiary/aromatic N) is 3. The lowest BCUT2D eigenvalue weighted by atomic mass is 9.91. The van der Waals surface area contributed by atoms with Gasteiger partial charge in [0.15, 0.2) is 0 Å². The molecule has 1 saturated carbocycles. The van der Waals surface area contributed by atoms with E-state index in [1.54, 1.807) is 0 Å². The summed E-state index contributed by atoms with van der Waals surface area (Å²) >= 11 is 0. The predicted octanol–water partition coefficient (Wildman–Crippen LogP) is 1.81. The number of aromatic nitrogens is 2. The van der Waals surface area contributed by atoms with Gasteiger partial charge < -0.3 is 10.6 Å². The molecule has 2 rings (SSSR count).